The first kappa shape index (κ1) is 44.5. The van der Waals surface area contributed by atoms with Crippen LogP contribution in [0.5, 0.6) is 0 Å². The van der Waals surface area contributed by atoms with E-state index in [-0.39, 0.29) is 13.1 Å². The van der Waals surface area contributed by atoms with Gasteiger partial charge in [-0.05, 0) is 51.7 Å². The Balaban J connectivity index is 4.08. The first-order valence-electron chi connectivity index (χ1n) is 18.4. The number of alkyl halides is 6. The molecule has 0 bridgehead atoms. The van der Waals surface area contributed by atoms with Crippen LogP contribution >= 0.6 is 0 Å². The van der Waals surface area contributed by atoms with E-state index in [0.717, 1.165) is 77.4 Å². The summed E-state index contributed by atoms with van der Waals surface area (Å²) in [6.45, 7) is 5.44. The van der Waals surface area contributed by atoms with Crippen LogP contribution in [-0.4, -0.2) is 61.8 Å². The molecule has 0 aliphatic heterocycles. The van der Waals surface area contributed by atoms with Gasteiger partial charge >= 0.3 is 24.2 Å². The summed E-state index contributed by atoms with van der Waals surface area (Å²) in [6.07, 6.45) is 18.7. The first-order valence-corrected chi connectivity index (χ1v) is 18.4. The van der Waals surface area contributed by atoms with E-state index in [1.165, 1.54) is 89.9 Å². The fourth-order valence-corrected chi connectivity index (χ4v) is 5.63. The monoisotopic (exact) mass is 673 g/mol. The predicted octanol–water partition coefficient (Wildman–Crippen LogP) is 10.4. The lowest BCUT2D eigenvalue weighted by atomic mass is 10.0. The van der Waals surface area contributed by atoms with Crippen molar-refractivity contribution in [2.45, 2.75) is 180 Å². The molecule has 0 radical (unpaired) electrons. The molecule has 0 spiro atoms. The van der Waals surface area contributed by atoms with E-state index in [1.54, 1.807) is 0 Å². The highest BCUT2D eigenvalue weighted by Crippen LogP contribution is 2.16. The highest BCUT2D eigenvalue weighted by atomic mass is 19.4. The topological polar surface area (TPSA) is 61.4 Å². The Morgan fingerprint density at radius 3 is 0.913 bits per heavy atom. The van der Waals surface area contributed by atoms with Gasteiger partial charge in [0.2, 0.25) is 0 Å². The number of amides is 2. The van der Waals surface area contributed by atoms with E-state index in [1.807, 2.05) is 10.6 Å². The molecule has 274 valence electrons. The molecule has 5 nitrogen and oxygen atoms in total. The Kier molecular flexibility index (Phi) is 28.6. The number of hydrogen-bond acceptors (Lipinski definition) is 3. The van der Waals surface area contributed by atoms with Crippen molar-refractivity contribution in [1.82, 2.24) is 15.5 Å². The molecule has 0 unspecified atom stereocenters. The number of nitrogens with zero attached hydrogens (tertiary/aromatic N) is 1. The Bertz CT molecular complexity index is 719. The average molecular weight is 674 g/mol. The van der Waals surface area contributed by atoms with Crippen molar-refractivity contribution in [3.8, 4) is 0 Å². The molecular formula is C35H65F6N3O2. The highest BCUT2D eigenvalue weighted by Gasteiger charge is 2.38. The van der Waals surface area contributed by atoms with Crippen LogP contribution in [0.1, 0.15) is 167 Å². The quantitative estimate of drug-likeness (QED) is 0.0552. The minimum atomic E-state index is -4.82. The van der Waals surface area contributed by atoms with E-state index in [4.69, 9.17) is 0 Å². The third-order valence-electron chi connectivity index (χ3n) is 8.47. The number of hydrogen-bond donors (Lipinski definition) is 2. The molecule has 0 aromatic heterocycles. The Hall–Kier alpha value is -1.52. The molecule has 0 atom stereocenters. The number of nitrogens with one attached hydrogen (secondary N) is 2. The maximum atomic E-state index is 12.2. The summed E-state index contributed by atoms with van der Waals surface area (Å²) in [5.41, 5.74) is 0. The molecule has 0 saturated carbocycles. The van der Waals surface area contributed by atoms with Gasteiger partial charge in [-0.25, -0.2) is 0 Å². The fraction of sp³-hybridized carbons (Fsp3) is 0.943. The zero-order valence-electron chi connectivity index (χ0n) is 28.7. The van der Waals surface area contributed by atoms with Crippen molar-refractivity contribution in [2.75, 3.05) is 32.7 Å². The molecule has 0 aromatic rings. The van der Waals surface area contributed by atoms with Gasteiger partial charge in [0.1, 0.15) is 0 Å². The van der Waals surface area contributed by atoms with Crippen LogP contribution in [0, 0.1) is 0 Å². The van der Waals surface area contributed by atoms with E-state index >= 15 is 0 Å². The van der Waals surface area contributed by atoms with Crippen LogP contribution in [0.3, 0.4) is 0 Å². The maximum absolute atomic E-state index is 12.2. The zero-order valence-corrected chi connectivity index (χ0v) is 28.7. The lowest BCUT2D eigenvalue weighted by Crippen LogP contribution is -2.37. The average Bonchev–Trinajstić information content (AvgIpc) is 2.99. The summed E-state index contributed by atoms with van der Waals surface area (Å²) < 4.78 is 73.4. The molecule has 0 aliphatic rings. The summed E-state index contributed by atoms with van der Waals surface area (Å²) >= 11 is 0. The SMILES string of the molecule is CCCCCCCCCCCCCCCCN(CCCCCCCCNC(=O)C(F)(F)F)CCCCCCCNC(=O)C(F)(F)F. The first-order chi connectivity index (χ1) is 22.0. The van der Waals surface area contributed by atoms with E-state index < -0.39 is 24.2 Å². The zero-order chi connectivity index (χ0) is 34.4. The summed E-state index contributed by atoms with van der Waals surface area (Å²) in [7, 11) is 0. The Labute approximate surface area is 275 Å². The summed E-state index contributed by atoms with van der Waals surface area (Å²) in [4.78, 5) is 24.2. The van der Waals surface area contributed by atoms with Crippen LogP contribution in [0.2, 0.25) is 0 Å². The van der Waals surface area contributed by atoms with Crippen molar-refractivity contribution in [1.29, 1.82) is 0 Å². The van der Waals surface area contributed by atoms with Gasteiger partial charge < -0.3 is 15.5 Å². The Morgan fingerprint density at radius 2 is 0.652 bits per heavy atom. The molecule has 0 fully saturated rings. The molecule has 0 saturated heterocycles. The number of carbonyl (C=O) groups is 2. The van der Waals surface area contributed by atoms with Crippen LogP contribution in [0.4, 0.5) is 26.3 Å². The standard InChI is InChI=1S/C35H65F6N3O2/c1-2-3-4-5-6-7-8-9-10-11-12-14-19-24-29-44(31-26-21-16-18-23-28-43-33(46)35(39,40)41)30-25-20-15-13-17-22-27-42-32(45)34(36,37)38/h2-31H2,1H3,(H,42,45)(H,43,46). The van der Waals surface area contributed by atoms with Crippen molar-refractivity contribution >= 4 is 11.8 Å². The van der Waals surface area contributed by atoms with Gasteiger partial charge in [-0.3, -0.25) is 9.59 Å². The molecule has 0 heterocycles. The molecule has 0 aliphatic carbocycles. The third kappa shape index (κ3) is 29.9. The highest BCUT2D eigenvalue weighted by molar-refractivity contribution is 5.81. The second kappa shape index (κ2) is 29.6. The maximum Gasteiger partial charge on any atom is 0.471 e. The van der Waals surface area contributed by atoms with Gasteiger partial charge in [-0.1, -0.05) is 135 Å². The molecule has 0 rings (SSSR count). The summed E-state index contributed by atoms with van der Waals surface area (Å²) in [6, 6.07) is 0. The van der Waals surface area contributed by atoms with Crippen LogP contribution < -0.4 is 10.6 Å². The predicted molar refractivity (Wildman–Crippen MR) is 176 cm³/mol. The van der Waals surface area contributed by atoms with Crippen molar-refractivity contribution in [3.63, 3.8) is 0 Å². The van der Waals surface area contributed by atoms with Gasteiger partial charge in [-0.2, -0.15) is 26.3 Å². The second-order valence-electron chi connectivity index (χ2n) is 12.8. The fourth-order valence-electron chi connectivity index (χ4n) is 5.63. The lowest BCUT2D eigenvalue weighted by molar-refractivity contribution is -0.173. The smallest absolute Gasteiger partial charge is 0.348 e. The number of halogens is 6. The normalized spacial score (nSPS) is 12.2. The molecule has 11 heteroatoms. The minimum Gasteiger partial charge on any atom is -0.348 e. The van der Waals surface area contributed by atoms with E-state index in [9.17, 15) is 35.9 Å². The van der Waals surface area contributed by atoms with Gasteiger partial charge in [0.05, 0.1) is 0 Å². The molecule has 46 heavy (non-hydrogen) atoms. The minimum absolute atomic E-state index is 0.0474. The summed E-state index contributed by atoms with van der Waals surface area (Å²) in [5, 5.41) is 3.83. The third-order valence-corrected chi connectivity index (χ3v) is 8.47. The molecular weight excluding hydrogens is 608 g/mol. The summed E-state index contributed by atoms with van der Waals surface area (Å²) in [5.74, 6) is -3.75. The molecule has 2 N–H and O–H groups in total. The Morgan fingerprint density at radius 1 is 0.413 bits per heavy atom. The van der Waals surface area contributed by atoms with Crippen LogP contribution in [0.15, 0.2) is 0 Å². The van der Waals surface area contributed by atoms with Gasteiger partial charge in [0.25, 0.3) is 0 Å². The molecule has 2 amide bonds. The largest absolute Gasteiger partial charge is 0.471 e. The van der Waals surface area contributed by atoms with Gasteiger partial charge in [-0.15, -0.1) is 0 Å². The van der Waals surface area contributed by atoms with Crippen molar-refractivity contribution in [3.05, 3.63) is 0 Å². The number of rotatable bonds is 32. The van der Waals surface area contributed by atoms with Crippen molar-refractivity contribution in [2.24, 2.45) is 0 Å². The van der Waals surface area contributed by atoms with Crippen LogP contribution in [-0.2, 0) is 9.59 Å². The van der Waals surface area contributed by atoms with Gasteiger partial charge in [0, 0.05) is 13.1 Å². The van der Waals surface area contributed by atoms with Crippen molar-refractivity contribution < 1.29 is 35.9 Å². The second-order valence-corrected chi connectivity index (χ2v) is 12.8. The van der Waals surface area contributed by atoms with Crippen LogP contribution in [0.25, 0.3) is 0 Å². The van der Waals surface area contributed by atoms with Gasteiger partial charge in [0.15, 0.2) is 0 Å². The molecule has 0 aromatic carbocycles. The van der Waals surface area contributed by atoms with E-state index in [2.05, 4.69) is 11.8 Å². The number of unbranched alkanes of at least 4 members (excludes halogenated alkanes) is 22. The number of carbonyl (C=O) groups excluding carboxylic acids is 2. The van der Waals surface area contributed by atoms with E-state index in [0.29, 0.717) is 12.8 Å². The lowest BCUT2D eigenvalue weighted by Gasteiger charge is -2.22.